The second-order valence-electron chi connectivity index (χ2n) is 3.72. The highest BCUT2D eigenvalue weighted by molar-refractivity contribution is 5.32. The fourth-order valence-corrected chi connectivity index (χ4v) is 1.46. The van der Waals surface area contributed by atoms with E-state index in [0.29, 0.717) is 19.8 Å². The number of hydrogen-bond donors (Lipinski definition) is 1. The maximum Gasteiger partial charge on any atom is 0.123 e. The summed E-state index contributed by atoms with van der Waals surface area (Å²) in [4.78, 5) is 0. The summed E-state index contributed by atoms with van der Waals surface area (Å²) >= 11 is 0. The minimum absolute atomic E-state index is 0.557. The smallest absolute Gasteiger partial charge is 0.123 e. The van der Waals surface area contributed by atoms with Gasteiger partial charge in [-0.15, -0.1) is 0 Å². The Balaban J connectivity index is 2.13. The van der Waals surface area contributed by atoms with Crippen LogP contribution in [0, 0.1) is 0 Å². The van der Waals surface area contributed by atoms with Crippen molar-refractivity contribution >= 4 is 0 Å². The molecule has 0 saturated carbocycles. The Morgan fingerprint density at radius 3 is 2.50 bits per heavy atom. The van der Waals surface area contributed by atoms with Crippen molar-refractivity contribution in [2.24, 2.45) is 0 Å². The summed E-state index contributed by atoms with van der Waals surface area (Å²) in [6, 6.07) is 7.65. The van der Waals surface area contributed by atoms with Crippen LogP contribution in [-0.2, 0) is 4.74 Å². The van der Waals surface area contributed by atoms with Gasteiger partial charge in [0.05, 0.1) is 19.8 Å². The van der Waals surface area contributed by atoms with Gasteiger partial charge in [0.25, 0.3) is 0 Å². The second-order valence-corrected chi connectivity index (χ2v) is 3.72. The minimum Gasteiger partial charge on any atom is -0.494 e. The van der Waals surface area contributed by atoms with Gasteiger partial charge in [-0.1, -0.05) is 13.0 Å². The Bertz CT molecular complexity index is 318. The summed E-state index contributed by atoms with van der Waals surface area (Å²) in [5.41, 5.74) is 0. The molecule has 0 aliphatic rings. The number of ether oxygens (including phenoxy) is 3. The minimum atomic E-state index is 0.557. The lowest BCUT2D eigenvalue weighted by Crippen LogP contribution is -2.20. The van der Waals surface area contributed by atoms with Crippen LogP contribution in [0.2, 0.25) is 0 Å². The molecule has 18 heavy (non-hydrogen) atoms. The highest BCUT2D eigenvalue weighted by Crippen LogP contribution is 2.19. The van der Waals surface area contributed by atoms with E-state index in [0.717, 1.165) is 31.2 Å². The van der Waals surface area contributed by atoms with Gasteiger partial charge in [-0.3, -0.25) is 0 Å². The predicted octanol–water partition coefficient (Wildman–Crippen LogP) is 2.09. The van der Waals surface area contributed by atoms with Crippen molar-refractivity contribution in [3.05, 3.63) is 24.3 Å². The Morgan fingerprint density at radius 1 is 1.00 bits per heavy atom. The molecular weight excluding hydrogens is 230 g/mol. The van der Waals surface area contributed by atoms with E-state index >= 15 is 0 Å². The molecule has 0 saturated heterocycles. The lowest BCUT2D eigenvalue weighted by Gasteiger charge is -2.09. The molecule has 0 fully saturated rings. The van der Waals surface area contributed by atoms with Gasteiger partial charge in [0.2, 0.25) is 0 Å². The molecule has 4 nitrogen and oxygen atoms in total. The molecule has 0 aliphatic carbocycles. The first-order valence-corrected chi connectivity index (χ1v) is 6.51. The van der Waals surface area contributed by atoms with Crippen LogP contribution in [0.4, 0.5) is 0 Å². The molecule has 1 N–H and O–H groups in total. The zero-order valence-corrected chi connectivity index (χ0v) is 11.3. The maximum absolute atomic E-state index is 5.57. The van der Waals surface area contributed by atoms with Gasteiger partial charge in [-0.05, 0) is 25.6 Å². The Hall–Kier alpha value is -1.26. The van der Waals surface area contributed by atoms with E-state index in [-0.39, 0.29) is 0 Å². The molecule has 0 radical (unpaired) electrons. The highest BCUT2D eigenvalue weighted by atomic mass is 16.5. The number of rotatable bonds is 10. The molecule has 1 rings (SSSR count). The van der Waals surface area contributed by atoms with E-state index < -0.39 is 0 Å². The molecular formula is C14H23NO3. The third-order valence-electron chi connectivity index (χ3n) is 2.29. The van der Waals surface area contributed by atoms with E-state index in [1.54, 1.807) is 0 Å². The van der Waals surface area contributed by atoms with Crippen LogP contribution in [-0.4, -0.2) is 39.5 Å². The summed E-state index contributed by atoms with van der Waals surface area (Å²) in [5, 5.41) is 3.20. The third-order valence-corrected chi connectivity index (χ3v) is 2.29. The quantitative estimate of drug-likeness (QED) is 0.648. The number of nitrogens with one attached hydrogen (secondary N) is 1. The molecule has 0 atom stereocenters. The van der Waals surface area contributed by atoms with Gasteiger partial charge >= 0.3 is 0 Å². The fourth-order valence-electron chi connectivity index (χ4n) is 1.46. The van der Waals surface area contributed by atoms with Gasteiger partial charge in [-0.25, -0.2) is 0 Å². The first-order chi connectivity index (χ1) is 8.86. The molecule has 0 aromatic heterocycles. The van der Waals surface area contributed by atoms with Gasteiger partial charge in [0.1, 0.15) is 18.1 Å². The zero-order chi connectivity index (χ0) is 13.1. The van der Waals surface area contributed by atoms with Gasteiger partial charge in [0, 0.05) is 12.6 Å². The van der Waals surface area contributed by atoms with Crippen LogP contribution in [0.5, 0.6) is 11.5 Å². The number of benzene rings is 1. The van der Waals surface area contributed by atoms with Gasteiger partial charge in [0.15, 0.2) is 0 Å². The van der Waals surface area contributed by atoms with Crippen molar-refractivity contribution in [2.75, 3.05) is 39.5 Å². The lowest BCUT2D eigenvalue weighted by molar-refractivity contribution is 0.102. The predicted molar refractivity (Wildman–Crippen MR) is 72.5 cm³/mol. The van der Waals surface area contributed by atoms with Crippen molar-refractivity contribution < 1.29 is 14.2 Å². The Labute approximate surface area is 109 Å². The van der Waals surface area contributed by atoms with Gasteiger partial charge < -0.3 is 19.5 Å². The molecule has 0 amide bonds. The summed E-state index contributed by atoms with van der Waals surface area (Å²) in [6.07, 6.45) is 0. The molecule has 0 heterocycles. The van der Waals surface area contributed by atoms with Crippen molar-refractivity contribution in [1.82, 2.24) is 5.32 Å². The Kier molecular flexibility index (Phi) is 8.01. The third kappa shape index (κ3) is 6.47. The van der Waals surface area contributed by atoms with Crippen LogP contribution in [0.25, 0.3) is 0 Å². The molecule has 0 spiro atoms. The van der Waals surface area contributed by atoms with Crippen LogP contribution in [0.15, 0.2) is 24.3 Å². The molecule has 0 bridgehead atoms. The molecule has 0 unspecified atom stereocenters. The maximum atomic E-state index is 5.57. The van der Waals surface area contributed by atoms with E-state index in [2.05, 4.69) is 12.2 Å². The molecule has 102 valence electrons. The molecule has 1 aromatic rings. The van der Waals surface area contributed by atoms with E-state index in [1.807, 2.05) is 31.2 Å². The van der Waals surface area contributed by atoms with Gasteiger partial charge in [-0.2, -0.15) is 0 Å². The average Bonchev–Trinajstić information content (AvgIpc) is 2.39. The van der Waals surface area contributed by atoms with Crippen LogP contribution in [0.3, 0.4) is 0 Å². The Morgan fingerprint density at radius 2 is 1.78 bits per heavy atom. The molecule has 1 aromatic carbocycles. The van der Waals surface area contributed by atoms with Crippen molar-refractivity contribution in [3.63, 3.8) is 0 Å². The van der Waals surface area contributed by atoms with Crippen molar-refractivity contribution in [2.45, 2.75) is 13.8 Å². The standard InChI is InChI=1S/C14H23NO3/c1-3-15-8-9-16-10-11-18-14-7-5-6-13(12-14)17-4-2/h5-7,12,15H,3-4,8-11H2,1-2H3. The topological polar surface area (TPSA) is 39.7 Å². The summed E-state index contributed by atoms with van der Waals surface area (Å²) in [7, 11) is 0. The molecule has 0 aliphatic heterocycles. The van der Waals surface area contributed by atoms with E-state index in [1.165, 1.54) is 0 Å². The summed E-state index contributed by atoms with van der Waals surface area (Å²) in [6.45, 7) is 8.44. The molecule has 4 heteroatoms. The number of likely N-dealkylation sites (N-methyl/N-ethyl adjacent to an activating group) is 1. The fraction of sp³-hybridized carbons (Fsp3) is 0.571. The van der Waals surface area contributed by atoms with Crippen LogP contribution < -0.4 is 14.8 Å². The first kappa shape index (κ1) is 14.8. The normalized spacial score (nSPS) is 10.3. The SMILES string of the molecule is CCNCCOCCOc1cccc(OCC)c1. The van der Waals surface area contributed by atoms with Crippen LogP contribution >= 0.6 is 0 Å². The second kappa shape index (κ2) is 9.74. The highest BCUT2D eigenvalue weighted by Gasteiger charge is 1.97. The zero-order valence-electron chi connectivity index (χ0n) is 11.3. The van der Waals surface area contributed by atoms with Crippen LogP contribution in [0.1, 0.15) is 13.8 Å². The summed E-state index contributed by atoms with van der Waals surface area (Å²) in [5.74, 6) is 1.65. The first-order valence-electron chi connectivity index (χ1n) is 6.51. The number of hydrogen-bond acceptors (Lipinski definition) is 4. The van der Waals surface area contributed by atoms with Crippen molar-refractivity contribution in [1.29, 1.82) is 0 Å². The largest absolute Gasteiger partial charge is 0.494 e. The van der Waals surface area contributed by atoms with Crippen molar-refractivity contribution in [3.8, 4) is 11.5 Å². The monoisotopic (exact) mass is 253 g/mol. The summed E-state index contributed by atoms with van der Waals surface area (Å²) < 4.78 is 16.4. The van der Waals surface area contributed by atoms with E-state index in [4.69, 9.17) is 14.2 Å². The average molecular weight is 253 g/mol. The lowest BCUT2D eigenvalue weighted by atomic mass is 10.3. The van der Waals surface area contributed by atoms with E-state index in [9.17, 15) is 0 Å².